The summed E-state index contributed by atoms with van der Waals surface area (Å²) in [5, 5.41) is 3.05. The van der Waals surface area contributed by atoms with E-state index in [2.05, 4.69) is 22.7 Å². The van der Waals surface area contributed by atoms with E-state index >= 15 is 0 Å². The Hall–Kier alpha value is -3.41. The number of hydrogen-bond acceptors (Lipinski definition) is 5. The predicted molar refractivity (Wildman–Crippen MR) is 102 cm³/mol. The molecule has 1 heterocycles. The number of hydrogen-bond donors (Lipinski definition) is 3. The molecule has 0 spiro atoms. The van der Waals surface area contributed by atoms with Gasteiger partial charge in [0.25, 0.3) is 5.91 Å². The first kappa shape index (κ1) is 17.4. The minimum absolute atomic E-state index is 0.162. The predicted octanol–water partition coefficient (Wildman–Crippen LogP) is 2.98. The van der Waals surface area contributed by atoms with Gasteiger partial charge in [0, 0.05) is 11.4 Å². The van der Waals surface area contributed by atoms with E-state index in [1.165, 1.54) is 5.56 Å². The Morgan fingerprint density at radius 3 is 2.69 bits per heavy atom. The van der Waals surface area contributed by atoms with Gasteiger partial charge in [-0.3, -0.25) is 15.6 Å². The van der Waals surface area contributed by atoms with Crippen LogP contribution in [0.3, 0.4) is 0 Å². The molecule has 0 radical (unpaired) electrons. The van der Waals surface area contributed by atoms with Crippen molar-refractivity contribution in [3.8, 4) is 11.5 Å². The van der Waals surface area contributed by atoms with E-state index in [0.29, 0.717) is 5.70 Å². The van der Waals surface area contributed by atoms with Gasteiger partial charge in [0.2, 0.25) is 6.79 Å². The van der Waals surface area contributed by atoms with Gasteiger partial charge in [-0.25, -0.2) is 0 Å². The van der Waals surface area contributed by atoms with Crippen LogP contribution in [0.15, 0.2) is 60.8 Å². The van der Waals surface area contributed by atoms with Crippen LogP contribution in [0, 0.1) is 6.92 Å². The monoisotopic (exact) mass is 351 g/mol. The molecular formula is C20H21N3O3. The van der Waals surface area contributed by atoms with Crippen molar-refractivity contribution in [2.75, 3.05) is 18.7 Å². The van der Waals surface area contributed by atoms with Gasteiger partial charge in [-0.1, -0.05) is 36.4 Å². The standard InChI is InChI=1S/C20H21N3O3/c1-14-3-8-17(9-4-14)21-12-20(24)23-22-15(2)5-6-16-7-10-18-19(11-16)26-13-25-18/h3-11,21-22H,2,12-13H2,1H3,(H,23,24)/b6-5+. The number of ether oxygens (including phenoxy) is 2. The summed E-state index contributed by atoms with van der Waals surface area (Å²) in [6.45, 7) is 6.28. The summed E-state index contributed by atoms with van der Waals surface area (Å²) >= 11 is 0. The Morgan fingerprint density at radius 1 is 1.12 bits per heavy atom. The van der Waals surface area contributed by atoms with E-state index < -0.39 is 0 Å². The van der Waals surface area contributed by atoms with Gasteiger partial charge in [-0.2, -0.15) is 0 Å². The quantitative estimate of drug-likeness (QED) is 0.528. The molecule has 3 N–H and O–H groups in total. The minimum atomic E-state index is -0.191. The number of allylic oxidation sites excluding steroid dienone is 1. The first-order chi connectivity index (χ1) is 12.6. The Morgan fingerprint density at radius 2 is 1.88 bits per heavy atom. The molecule has 26 heavy (non-hydrogen) atoms. The Bertz CT molecular complexity index is 829. The van der Waals surface area contributed by atoms with Gasteiger partial charge in [0.05, 0.1) is 6.54 Å². The number of carbonyl (C=O) groups excluding carboxylic acids is 1. The lowest BCUT2D eigenvalue weighted by Gasteiger charge is -2.10. The number of anilines is 1. The summed E-state index contributed by atoms with van der Waals surface area (Å²) in [5.74, 6) is 1.27. The molecule has 2 aromatic carbocycles. The van der Waals surface area contributed by atoms with Crippen LogP contribution in [0.5, 0.6) is 11.5 Å². The summed E-state index contributed by atoms with van der Waals surface area (Å²) in [7, 11) is 0. The Balaban J connectivity index is 1.41. The average Bonchev–Trinajstić information content (AvgIpc) is 3.12. The second-order valence-electron chi connectivity index (χ2n) is 5.86. The molecule has 1 aliphatic rings. The number of nitrogens with one attached hydrogen (secondary N) is 3. The number of fused-ring (bicyclic) bond motifs is 1. The number of hydrazine groups is 1. The molecule has 1 amide bonds. The fourth-order valence-corrected chi connectivity index (χ4v) is 2.30. The molecule has 6 heteroatoms. The second kappa shape index (κ2) is 8.11. The van der Waals surface area contributed by atoms with Crippen molar-refractivity contribution in [3.05, 3.63) is 71.9 Å². The van der Waals surface area contributed by atoms with Crippen molar-refractivity contribution >= 4 is 17.7 Å². The lowest BCUT2D eigenvalue weighted by molar-refractivity contribution is -0.120. The SMILES string of the molecule is C=C(/C=C/c1ccc2c(c1)OCO2)NNC(=O)CNc1ccc(C)cc1. The molecule has 0 aliphatic carbocycles. The first-order valence-corrected chi connectivity index (χ1v) is 8.22. The highest BCUT2D eigenvalue weighted by Crippen LogP contribution is 2.32. The number of carbonyl (C=O) groups is 1. The molecule has 0 aromatic heterocycles. The molecule has 134 valence electrons. The zero-order valence-corrected chi connectivity index (χ0v) is 14.5. The maximum Gasteiger partial charge on any atom is 0.257 e. The van der Waals surface area contributed by atoms with Crippen molar-refractivity contribution < 1.29 is 14.3 Å². The van der Waals surface area contributed by atoms with E-state index in [9.17, 15) is 4.79 Å². The molecule has 1 aliphatic heterocycles. The molecule has 0 bridgehead atoms. The zero-order chi connectivity index (χ0) is 18.4. The van der Waals surface area contributed by atoms with Crippen molar-refractivity contribution in [2.24, 2.45) is 0 Å². The van der Waals surface area contributed by atoms with Gasteiger partial charge < -0.3 is 14.8 Å². The smallest absolute Gasteiger partial charge is 0.257 e. The van der Waals surface area contributed by atoms with Crippen LogP contribution in [-0.2, 0) is 4.79 Å². The summed E-state index contributed by atoms with van der Waals surface area (Å²) in [6.07, 6.45) is 3.64. The fraction of sp³-hybridized carbons (Fsp3) is 0.150. The maximum absolute atomic E-state index is 11.9. The summed E-state index contributed by atoms with van der Waals surface area (Å²) < 4.78 is 10.6. The Labute approximate surface area is 152 Å². The van der Waals surface area contributed by atoms with Crippen molar-refractivity contribution in [1.82, 2.24) is 10.9 Å². The van der Waals surface area contributed by atoms with E-state index in [0.717, 1.165) is 22.7 Å². The van der Waals surface area contributed by atoms with E-state index in [1.54, 1.807) is 6.08 Å². The molecule has 3 rings (SSSR count). The van der Waals surface area contributed by atoms with Crippen LogP contribution < -0.4 is 25.6 Å². The van der Waals surface area contributed by atoms with Crippen LogP contribution in [0.25, 0.3) is 6.08 Å². The number of amides is 1. The van der Waals surface area contributed by atoms with Crippen LogP contribution in [0.1, 0.15) is 11.1 Å². The molecular weight excluding hydrogens is 330 g/mol. The number of aryl methyl sites for hydroxylation is 1. The van der Waals surface area contributed by atoms with E-state index in [4.69, 9.17) is 9.47 Å². The zero-order valence-electron chi connectivity index (χ0n) is 14.5. The molecule has 0 atom stereocenters. The second-order valence-corrected chi connectivity index (χ2v) is 5.86. The number of benzene rings is 2. The lowest BCUT2D eigenvalue weighted by atomic mass is 10.2. The third-order valence-electron chi connectivity index (χ3n) is 3.74. The average molecular weight is 351 g/mol. The molecule has 6 nitrogen and oxygen atoms in total. The molecule has 0 fully saturated rings. The fourth-order valence-electron chi connectivity index (χ4n) is 2.30. The molecule has 0 unspecified atom stereocenters. The van der Waals surface area contributed by atoms with Gasteiger partial charge in [-0.15, -0.1) is 0 Å². The normalized spacial score (nSPS) is 12.0. The van der Waals surface area contributed by atoms with Crippen LogP contribution in [0.2, 0.25) is 0 Å². The third-order valence-corrected chi connectivity index (χ3v) is 3.74. The van der Waals surface area contributed by atoms with Crippen molar-refractivity contribution in [1.29, 1.82) is 0 Å². The van der Waals surface area contributed by atoms with Crippen LogP contribution in [-0.4, -0.2) is 19.2 Å². The van der Waals surface area contributed by atoms with Crippen molar-refractivity contribution in [2.45, 2.75) is 6.92 Å². The van der Waals surface area contributed by atoms with E-state index in [-0.39, 0.29) is 19.2 Å². The topological polar surface area (TPSA) is 71.6 Å². The van der Waals surface area contributed by atoms with Gasteiger partial charge >= 0.3 is 0 Å². The summed E-state index contributed by atoms with van der Waals surface area (Å²) in [5.41, 5.74) is 8.95. The molecule has 2 aromatic rings. The van der Waals surface area contributed by atoms with Crippen LogP contribution >= 0.6 is 0 Å². The maximum atomic E-state index is 11.9. The van der Waals surface area contributed by atoms with Gasteiger partial charge in [0.1, 0.15) is 0 Å². The van der Waals surface area contributed by atoms with Crippen LogP contribution in [0.4, 0.5) is 5.69 Å². The summed E-state index contributed by atoms with van der Waals surface area (Å²) in [4.78, 5) is 11.9. The lowest BCUT2D eigenvalue weighted by Crippen LogP contribution is -2.39. The summed E-state index contributed by atoms with van der Waals surface area (Å²) in [6, 6.07) is 13.5. The third kappa shape index (κ3) is 4.80. The molecule has 0 saturated carbocycles. The highest BCUT2D eigenvalue weighted by molar-refractivity contribution is 5.80. The largest absolute Gasteiger partial charge is 0.454 e. The van der Waals surface area contributed by atoms with E-state index in [1.807, 2.05) is 55.5 Å². The minimum Gasteiger partial charge on any atom is -0.454 e. The van der Waals surface area contributed by atoms with Gasteiger partial charge in [-0.05, 0) is 42.8 Å². The highest BCUT2D eigenvalue weighted by atomic mass is 16.7. The Kier molecular flexibility index (Phi) is 5.43. The van der Waals surface area contributed by atoms with Crippen molar-refractivity contribution in [3.63, 3.8) is 0 Å². The highest BCUT2D eigenvalue weighted by Gasteiger charge is 2.12. The first-order valence-electron chi connectivity index (χ1n) is 8.22. The molecule has 0 saturated heterocycles. The van der Waals surface area contributed by atoms with Gasteiger partial charge in [0.15, 0.2) is 11.5 Å². The number of rotatable bonds is 7.